The summed E-state index contributed by atoms with van der Waals surface area (Å²) in [5.41, 5.74) is 0. The molecule has 0 aliphatic rings. The Morgan fingerprint density at radius 3 is 2.80 bits per heavy atom. The number of hydrogen-bond acceptors (Lipinski definition) is 4. The van der Waals surface area contributed by atoms with Crippen molar-refractivity contribution in [3.63, 3.8) is 0 Å². The molecule has 0 spiro atoms. The van der Waals surface area contributed by atoms with Gasteiger partial charge in [-0.25, -0.2) is 0 Å². The highest BCUT2D eigenvalue weighted by Crippen LogP contribution is 2.29. The predicted molar refractivity (Wildman–Crippen MR) is 68.5 cm³/mol. The second kappa shape index (κ2) is 10.4. The van der Waals surface area contributed by atoms with Crippen LogP contribution < -0.4 is 0 Å². The Bertz CT molecular complexity index is 188. The molecule has 0 bridgehead atoms. The SMILES string of the molecule is CCCC(C)SSC=CN(C=O)CCO. The van der Waals surface area contributed by atoms with Crippen LogP contribution in [0.25, 0.3) is 0 Å². The molecule has 1 unspecified atom stereocenters. The van der Waals surface area contributed by atoms with E-state index >= 15 is 0 Å². The van der Waals surface area contributed by atoms with Gasteiger partial charge in [0.15, 0.2) is 0 Å². The van der Waals surface area contributed by atoms with Crippen molar-refractivity contribution in [2.24, 2.45) is 0 Å². The molecule has 1 amide bonds. The minimum atomic E-state index is -0.00682. The molecule has 0 rings (SSSR count). The summed E-state index contributed by atoms with van der Waals surface area (Å²) in [4.78, 5) is 11.9. The second-order valence-electron chi connectivity index (χ2n) is 3.14. The topological polar surface area (TPSA) is 40.5 Å². The summed E-state index contributed by atoms with van der Waals surface area (Å²) in [5.74, 6) is 0. The van der Waals surface area contributed by atoms with Crippen molar-refractivity contribution in [1.29, 1.82) is 0 Å². The van der Waals surface area contributed by atoms with E-state index in [1.807, 2.05) is 5.41 Å². The van der Waals surface area contributed by atoms with E-state index in [1.54, 1.807) is 27.8 Å². The minimum absolute atomic E-state index is 0.00682. The number of hydrogen-bond donors (Lipinski definition) is 1. The van der Waals surface area contributed by atoms with Gasteiger partial charge in [0.1, 0.15) is 0 Å². The first kappa shape index (κ1) is 14.9. The summed E-state index contributed by atoms with van der Waals surface area (Å²) in [6, 6.07) is 0. The third kappa shape index (κ3) is 8.84. The van der Waals surface area contributed by atoms with Gasteiger partial charge in [-0.15, -0.1) is 0 Å². The van der Waals surface area contributed by atoms with Crippen molar-refractivity contribution in [1.82, 2.24) is 4.90 Å². The lowest BCUT2D eigenvalue weighted by molar-refractivity contribution is -0.116. The predicted octanol–water partition coefficient (Wildman–Crippen LogP) is 2.48. The average Bonchev–Trinajstić information content (AvgIpc) is 2.23. The normalized spacial score (nSPS) is 13.0. The van der Waals surface area contributed by atoms with E-state index in [2.05, 4.69) is 13.8 Å². The van der Waals surface area contributed by atoms with Crippen LogP contribution in [0.4, 0.5) is 0 Å². The van der Waals surface area contributed by atoms with Gasteiger partial charge in [0.2, 0.25) is 6.41 Å². The van der Waals surface area contributed by atoms with Crippen LogP contribution in [0.2, 0.25) is 0 Å². The first-order valence-corrected chi connectivity index (χ1v) is 7.32. The van der Waals surface area contributed by atoms with Crippen molar-refractivity contribution in [3.8, 4) is 0 Å². The summed E-state index contributed by atoms with van der Waals surface area (Å²) in [5, 5.41) is 11.1. The van der Waals surface area contributed by atoms with Crippen molar-refractivity contribution >= 4 is 28.0 Å². The Morgan fingerprint density at radius 2 is 2.27 bits per heavy atom. The Kier molecular flexibility index (Phi) is 10.3. The molecule has 1 N–H and O–H groups in total. The minimum Gasteiger partial charge on any atom is -0.395 e. The molecule has 0 aliphatic heterocycles. The molecule has 0 fully saturated rings. The van der Waals surface area contributed by atoms with Gasteiger partial charge in [-0.1, -0.05) is 41.9 Å². The van der Waals surface area contributed by atoms with Crippen LogP contribution in [-0.2, 0) is 4.79 Å². The summed E-state index contributed by atoms with van der Waals surface area (Å²) in [6.07, 6.45) is 4.82. The standard InChI is InChI=1S/C10H19NO2S2/c1-3-4-10(2)15-14-8-6-11(9-13)5-7-12/h6,8-10,12H,3-5,7H2,1-2H3. The van der Waals surface area contributed by atoms with E-state index in [9.17, 15) is 4.79 Å². The highest BCUT2D eigenvalue weighted by Gasteiger charge is 1.99. The lowest BCUT2D eigenvalue weighted by atomic mass is 10.3. The van der Waals surface area contributed by atoms with Crippen LogP contribution in [0.15, 0.2) is 11.6 Å². The Labute approximate surface area is 99.7 Å². The zero-order valence-electron chi connectivity index (χ0n) is 9.26. The largest absolute Gasteiger partial charge is 0.395 e. The number of rotatable bonds is 9. The van der Waals surface area contributed by atoms with Crippen LogP contribution in [0, 0.1) is 0 Å². The zero-order chi connectivity index (χ0) is 11.5. The summed E-state index contributed by atoms with van der Waals surface area (Å²) in [6.45, 7) is 4.72. The number of carbonyl (C=O) groups is 1. The van der Waals surface area contributed by atoms with E-state index in [1.165, 1.54) is 17.7 Å². The molecule has 5 heteroatoms. The molecule has 0 saturated heterocycles. The van der Waals surface area contributed by atoms with Gasteiger partial charge < -0.3 is 10.0 Å². The molecule has 1 atom stereocenters. The monoisotopic (exact) mass is 249 g/mol. The number of nitrogens with zero attached hydrogens (tertiary/aromatic N) is 1. The molecular formula is C10H19NO2S2. The lowest BCUT2D eigenvalue weighted by Crippen LogP contribution is -2.18. The molecule has 0 heterocycles. The van der Waals surface area contributed by atoms with Crippen molar-refractivity contribution in [3.05, 3.63) is 11.6 Å². The van der Waals surface area contributed by atoms with E-state index in [4.69, 9.17) is 5.11 Å². The fourth-order valence-corrected chi connectivity index (χ4v) is 2.95. The van der Waals surface area contributed by atoms with Gasteiger partial charge in [0.05, 0.1) is 6.61 Å². The van der Waals surface area contributed by atoms with Crippen LogP contribution in [0.1, 0.15) is 26.7 Å². The zero-order valence-corrected chi connectivity index (χ0v) is 10.9. The molecule has 0 radical (unpaired) electrons. The molecule has 3 nitrogen and oxygen atoms in total. The molecule has 0 saturated carbocycles. The lowest BCUT2D eigenvalue weighted by Gasteiger charge is -2.09. The quantitative estimate of drug-likeness (QED) is 0.503. The maximum Gasteiger partial charge on any atom is 0.213 e. The van der Waals surface area contributed by atoms with Gasteiger partial charge in [0, 0.05) is 18.0 Å². The maximum absolute atomic E-state index is 10.5. The van der Waals surface area contributed by atoms with E-state index in [-0.39, 0.29) is 6.61 Å². The highest BCUT2D eigenvalue weighted by atomic mass is 33.1. The highest BCUT2D eigenvalue weighted by molar-refractivity contribution is 8.78. The van der Waals surface area contributed by atoms with Gasteiger partial charge >= 0.3 is 0 Å². The molecule has 0 aliphatic carbocycles. The average molecular weight is 249 g/mol. The number of carbonyl (C=O) groups excluding carboxylic acids is 1. The first-order chi connectivity index (χ1) is 7.24. The van der Waals surface area contributed by atoms with E-state index < -0.39 is 0 Å². The van der Waals surface area contributed by atoms with Crippen molar-refractivity contribution in [2.75, 3.05) is 13.2 Å². The fourth-order valence-electron chi connectivity index (χ4n) is 0.962. The van der Waals surface area contributed by atoms with Crippen LogP contribution in [0.3, 0.4) is 0 Å². The fraction of sp³-hybridized carbons (Fsp3) is 0.700. The molecule has 15 heavy (non-hydrogen) atoms. The second-order valence-corrected chi connectivity index (χ2v) is 5.76. The van der Waals surface area contributed by atoms with E-state index in [0.717, 1.165) is 0 Å². The molecular weight excluding hydrogens is 230 g/mol. The van der Waals surface area contributed by atoms with Gasteiger partial charge in [-0.05, 0) is 11.8 Å². The number of aliphatic hydroxyl groups is 1. The van der Waals surface area contributed by atoms with Crippen molar-refractivity contribution < 1.29 is 9.90 Å². The Balaban J connectivity index is 3.63. The van der Waals surface area contributed by atoms with Crippen molar-refractivity contribution in [2.45, 2.75) is 31.9 Å². The molecule has 88 valence electrons. The molecule has 0 aromatic rings. The maximum atomic E-state index is 10.5. The third-order valence-corrected chi connectivity index (χ3v) is 4.28. The smallest absolute Gasteiger partial charge is 0.213 e. The number of amides is 1. The summed E-state index contributed by atoms with van der Waals surface area (Å²) < 4.78 is 0. The van der Waals surface area contributed by atoms with Gasteiger partial charge in [-0.2, -0.15) is 0 Å². The van der Waals surface area contributed by atoms with E-state index in [0.29, 0.717) is 18.2 Å². The summed E-state index contributed by atoms with van der Waals surface area (Å²) >= 11 is 0. The molecule has 0 aromatic carbocycles. The Morgan fingerprint density at radius 1 is 1.53 bits per heavy atom. The van der Waals surface area contributed by atoms with Gasteiger partial charge in [0.25, 0.3) is 0 Å². The van der Waals surface area contributed by atoms with Crippen LogP contribution >= 0.6 is 21.6 Å². The van der Waals surface area contributed by atoms with Gasteiger partial charge in [-0.3, -0.25) is 4.79 Å². The Hall–Kier alpha value is -0.130. The third-order valence-electron chi connectivity index (χ3n) is 1.72. The number of aliphatic hydroxyl groups excluding tert-OH is 1. The van der Waals surface area contributed by atoms with Crippen LogP contribution in [0.5, 0.6) is 0 Å². The first-order valence-electron chi connectivity index (χ1n) is 5.05. The molecule has 0 aromatic heterocycles. The summed E-state index contributed by atoms with van der Waals surface area (Å²) in [7, 11) is 3.42. The van der Waals surface area contributed by atoms with Crippen LogP contribution in [-0.4, -0.2) is 34.8 Å².